The highest BCUT2D eigenvalue weighted by Crippen LogP contribution is 2.17. The number of hydrogen-bond donors (Lipinski definition) is 3. The van der Waals surface area contributed by atoms with Crippen LogP contribution in [0, 0.1) is 13.8 Å². The van der Waals surface area contributed by atoms with Gasteiger partial charge in [-0.1, -0.05) is 6.07 Å². The third kappa shape index (κ3) is 3.33. The third-order valence-electron chi connectivity index (χ3n) is 2.57. The van der Waals surface area contributed by atoms with E-state index in [1.54, 1.807) is 19.1 Å². The van der Waals surface area contributed by atoms with E-state index in [-0.39, 0.29) is 5.56 Å². The lowest BCUT2D eigenvalue weighted by Gasteiger charge is -2.07. The number of amides is 2. The van der Waals surface area contributed by atoms with Crippen LogP contribution in [0.5, 0.6) is 0 Å². The number of thiazole rings is 1. The molecule has 0 saturated carbocycles. The molecule has 104 valence electrons. The lowest BCUT2D eigenvalue weighted by atomic mass is 10.1. The zero-order valence-corrected chi connectivity index (χ0v) is 11.7. The van der Waals surface area contributed by atoms with Crippen molar-refractivity contribution in [2.45, 2.75) is 13.8 Å². The maximum Gasteiger partial charge on any atom is 0.336 e. The maximum absolute atomic E-state index is 11.8. The van der Waals surface area contributed by atoms with Gasteiger partial charge in [-0.25, -0.2) is 14.6 Å². The first-order valence-electron chi connectivity index (χ1n) is 5.80. The van der Waals surface area contributed by atoms with E-state index in [1.807, 2.05) is 12.3 Å². The fourth-order valence-electron chi connectivity index (χ4n) is 1.60. The number of aromatic carboxylic acids is 1. The van der Waals surface area contributed by atoms with Crippen LogP contribution in [0.3, 0.4) is 0 Å². The number of hydrogen-bond acceptors (Lipinski definition) is 4. The van der Waals surface area contributed by atoms with E-state index in [2.05, 4.69) is 15.6 Å². The number of rotatable bonds is 3. The Morgan fingerprint density at radius 1 is 1.25 bits per heavy atom. The van der Waals surface area contributed by atoms with Crippen LogP contribution in [-0.4, -0.2) is 22.1 Å². The first-order chi connectivity index (χ1) is 9.45. The molecular formula is C13H13N3O3S. The molecular weight excluding hydrogens is 278 g/mol. The minimum Gasteiger partial charge on any atom is -0.478 e. The van der Waals surface area contributed by atoms with Crippen molar-refractivity contribution in [3.63, 3.8) is 0 Å². The van der Waals surface area contributed by atoms with Crippen LogP contribution >= 0.6 is 11.3 Å². The summed E-state index contributed by atoms with van der Waals surface area (Å²) in [7, 11) is 0. The number of anilines is 2. The average molecular weight is 291 g/mol. The molecule has 0 saturated heterocycles. The lowest BCUT2D eigenvalue weighted by molar-refractivity contribution is 0.0696. The zero-order chi connectivity index (χ0) is 14.7. The van der Waals surface area contributed by atoms with Gasteiger partial charge < -0.3 is 10.4 Å². The van der Waals surface area contributed by atoms with Crippen molar-refractivity contribution in [1.29, 1.82) is 0 Å². The van der Waals surface area contributed by atoms with Gasteiger partial charge in [-0.15, -0.1) is 11.3 Å². The van der Waals surface area contributed by atoms with Gasteiger partial charge >= 0.3 is 12.0 Å². The Morgan fingerprint density at radius 2 is 2.00 bits per heavy atom. The number of carboxylic acid groups (broad SMARTS) is 1. The molecule has 3 N–H and O–H groups in total. The fourth-order valence-corrected chi connectivity index (χ4v) is 2.28. The van der Waals surface area contributed by atoms with Gasteiger partial charge in [-0.05, 0) is 31.5 Å². The van der Waals surface area contributed by atoms with Crippen molar-refractivity contribution in [1.82, 2.24) is 4.98 Å². The van der Waals surface area contributed by atoms with Gasteiger partial charge in [0.05, 0.1) is 11.3 Å². The molecule has 1 aromatic carbocycles. The summed E-state index contributed by atoms with van der Waals surface area (Å²) in [5, 5.41) is 16.5. The number of aryl methyl sites for hydroxylation is 2. The van der Waals surface area contributed by atoms with Crippen molar-refractivity contribution in [2.75, 3.05) is 10.6 Å². The predicted octanol–water partition coefficient (Wildman–Crippen LogP) is 3.10. The minimum atomic E-state index is -1.03. The lowest BCUT2D eigenvalue weighted by Crippen LogP contribution is -2.19. The number of nitrogens with zero attached hydrogens (tertiary/aromatic N) is 1. The van der Waals surface area contributed by atoms with Crippen molar-refractivity contribution in [3.05, 3.63) is 40.4 Å². The molecule has 0 aliphatic heterocycles. The van der Waals surface area contributed by atoms with Gasteiger partial charge in [0.15, 0.2) is 5.13 Å². The van der Waals surface area contributed by atoms with E-state index in [0.717, 1.165) is 5.69 Å². The van der Waals surface area contributed by atoms with Crippen LogP contribution in [0.15, 0.2) is 23.6 Å². The molecule has 2 aromatic rings. The Balaban J connectivity index is 2.08. The van der Waals surface area contributed by atoms with Gasteiger partial charge in [0, 0.05) is 11.1 Å². The van der Waals surface area contributed by atoms with Gasteiger partial charge in [0.25, 0.3) is 0 Å². The summed E-state index contributed by atoms with van der Waals surface area (Å²) in [6.45, 7) is 3.53. The number of urea groups is 1. The number of nitrogens with one attached hydrogen (secondary N) is 2. The fraction of sp³-hybridized carbons (Fsp3) is 0.154. The second-order valence-corrected chi connectivity index (χ2v) is 5.07. The first-order valence-corrected chi connectivity index (χ1v) is 6.68. The van der Waals surface area contributed by atoms with Crippen LogP contribution in [0.4, 0.5) is 15.6 Å². The summed E-state index contributed by atoms with van der Waals surface area (Å²) >= 11 is 1.32. The summed E-state index contributed by atoms with van der Waals surface area (Å²) in [5.41, 5.74) is 2.04. The molecule has 0 aliphatic rings. The first kappa shape index (κ1) is 14.0. The van der Waals surface area contributed by atoms with E-state index in [0.29, 0.717) is 16.4 Å². The molecule has 7 heteroatoms. The number of benzene rings is 1. The molecule has 0 atom stereocenters. The van der Waals surface area contributed by atoms with Crippen molar-refractivity contribution < 1.29 is 14.7 Å². The molecule has 1 heterocycles. The molecule has 0 radical (unpaired) electrons. The summed E-state index contributed by atoms with van der Waals surface area (Å²) in [4.78, 5) is 26.9. The summed E-state index contributed by atoms with van der Waals surface area (Å²) in [6.07, 6.45) is 0. The molecule has 6 nitrogen and oxygen atoms in total. The monoisotopic (exact) mass is 291 g/mol. The Labute approximate surface area is 119 Å². The van der Waals surface area contributed by atoms with Crippen LogP contribution < -0.4 is 10.6 Å². The van der Waals surface area contributed by atoms with Crippen LogP contribution in [-0.2, 0) is 0 Å². The molecule has 0 fully saturated rings. The van der Waals surface area contributed by atoms with Crippen molar-refractivity contribution in [2.24, 2.45) is 0 Å². The van der Waals surface area contributed by atoms with Crippen LogP contribution in [0.2, 0.25) is 0 Å². The molecule has 2 amide bonds. The number of carboxylic acids is 1. The Hall–Kier alpha value is -2.41. The minimum absolute atomic E-state index is 0.160. The zero-order valence-electron chi connectivity index (χ0n) is 10.9. The molecule has 0 bridgehead atoms. The van der Waals surface area contributed by atoms with E-state index < -0.39 is 12.0 Å². The van der Waals surface area contributed by atoms with E-state index in [1.165, 1.54) is 17.4 Å². The standard InChI is InChI=1S/C13H13N3O3S/c1-7-3-4-9(5-10(7)11(17)18)15-12(19)16-13-14-8(2)6-20-13/h3-6H,1-2H3,(H,17,18)(H2,14,15,16,19). The number of aromatic nitrogens is 1. The molecule has 20 heavy (non-hydrogen) atoms. The van der Waals surface area contributed by atoms with Gasteiger partial charge in [-0.2, -0.15) is 0 Å². The average Bonchev–Trinajstić information content (AvgIpc) is 2.76. The normalized spacial score (nSPS) is 10.1. The molecule has 1 aromatic heterocycles. The van der Waals surface area contributed by atoms with Gasteiger partial charge in [0.2, 0.25) is 0 Å². The highest BCUT2D eigenvalue weighted by molar-refractivity contribution is 7.13. The summed E-state index contributed by atoms with van der Waals surface area (Å²) in [6, 6.07) is 4.25. The smallest absolute Gasteiger partial charge is 0.336 e. The van der Waals surface area contributed by atoms with E-state index in [9.17, 15) is 9.59 Å². The molecule has 0 aliphatic carbocycles. The molecule has 0 unspecified atom stereocenters. The molecule has 2 rings (SSSR count). The maximum atomic E-state index is 11.8. The van der Waals surface area contributed by atoms with Gasteiger partial charge in [-0.3, -0.25) is 5.32 Å². The second-order valence-electron chi connectivity index (χ2n) is 4.21. The van der Waals surface area contributed by atoms with Crippen LogP contribution in [0.1, 0.15) is 21.6 Å². The van der Waals surface area contributed by atoms with E-state index in [4.69, 9.17) is 5.11 Å². The Morgan fingerprint density at radius 3 is 2.60 bits per heavy atom. The largest absolute Gasteiger partial charge is 0.478 e. The van der Waals surface area contributed by atoms with Crippen molar-refractivity contribution >= 4 is 34.2 Å². The third-order valence-corrected chi connectivity index (χ3v) is 3.44. The Kier molecular flexibility index (Phi) is 3.99. The topological polar surface area (TPSA) is 91.3 Å². The van der Waals surface area contributed by atoms with Gasteiger partial charge in [0.1, 0.15) is 0 Å². The highest BCUT2D eigenvalue weighted by atomic mass is 32.1. The highest BCUT2D eigenvalue weighted by Gasteiger charge is 2.10. The number of carbonyl (C=O) groups excluding carboxylic acids is 1. The predicted molar refractivity (Wildman–Crippen MR) is 77.6 cm³/mol. The quantitative estimate of drug-likeness (QED) is 0.810. The SMILES string of the molecule is Cc1csc(NC(=O)Nc2ccc(C)c(C(=O)O)c2)n1. The number of carbonyl (C=O) groups is 2. The Bertz CT molecular complexity index is 667. The molecule has 0 spiro atoms. The summed E-state index contributed by atoms with van der Waals surface area (Å²) in [5.74, 6) is -1.03. The van der Waals surface area contributed by atoms with Crippen LogP contribution in [0.25, 0.3) is 0 Å². The van der Waals surface area contributed by atoms with E-state index >= 15 is 0 Å². The second kappa shape index (κ2) is 5.70. The van der Waals surface area contributed by atoms with Crippen molar-refractivity contribution in [3.8, 4) is 0 Å². The summed E-state index contributed by atoms with van der Waals surface area (Å²) < 4.78 is 0.